The summed E-state index contributed by atoms with van der Waals surface area (Å²) in [5, 5.41) is 14.3. The van der Waals surface area contributed by atoms with Crippen molar-refractivity contribution in [3.63, 3.8) is 0 Å². The van der Waals surface area contributed by atoms with Gasteiger partial charge in [0.05, 0.1) is 18.3 Å². The molecule has 1 N–H and O–H groups in total. The molecule has 0 saturated carbocycles. The first kappa shape index (κ1) is 21.5. The highest BCUT2D eigenvalue weighted by molar-refractivity contribution is 6.12. The number of amides is 1. The predicted octanol–water partition coefficient (Wildman–Crippen LogP) is 3.44. The normalized spacial score (nSPS) is 14.3. The minimum atomic E-state index is -0.994. The average molecular weight is 361 g/mol. The van der Waals surface area contributed by atoms with Crippen molar-refractivity contribution < 1.29 is 19.5 Å². The maximum atomic E-state index is 11.6. The van der Waals surface area contributed by atoms with Gasteiger partial charge in [0.25, 0.3) is 5.91 Å². The third-order valence-corrected chi connectivity index (χ3v) is 3.85. The molecular weight excluding hydrogens is 334 g/mol. The van der Waals surface area contributed by atoms with E-state index in [9.17, 15) is 14.4 Å². The number of hydrazone groups is 1. The van der Waals surface area contributed by atoms with E-state index in [0.29, 0.717) is 19.3 Å². The molecular formula is C19H27N3O4. The summed E-state index contributed by atoms with van der Waals surface area (Å²) < 4.78 is 0. The van der Waals surface area contributed by atoms with Crippen LogP contribution in [-0.2, 0) is 14.4 Å². The maximum absolute atomic E-state index is 11.6. The topological polar surface area (TPSA) is 99.9 Å². The molecule has 1 amide bonds. The summed E-state index contributed by atoms with van der Waals surface area (Å²) in [6, 6.07) is 3.64. The molecule has 0 fully saturated rings. The fourth-order valence-corrected chi connectivity index (χ4v) is 2.55. The Morgan fingerprint density at radius 2 is 2.00 bits per heavy atom. The third-order valence-electron chi connectivity index (χ3n) is 3.85. The fraction of sp³-hybridized carbons (Fsp3) is 0.526. The number of pyridine rings is 1. The highest BCUT2D eigenvalue weighted by Crippen LogP contribution is 2.20. The van der Waals surface area contributed by atoms with Crippen LogP contribution >= 0.6 is 0 Å². The number of anilines is 1. The van der Waals surface area contributed by atoms with E-state index >= 15 is 0 Å². The molecule has 1 aromatic rings. The molecule has 2 rings (SSSR count). The Morgan fingerprint density at radius 3 is 2.50 bits per heavy atom. The smallest absolute Gasteiger partial charge is 0.314 e. The summed E-state index contributed by atoms with van der Waals surface area (Å²) in [6.07, 6.45) is 7.19. The Labute approximate surface area is 154 Å². The van der Waals surface area contributed by atoms with Crippen LogP contribution in [0.1, 0.15) is 59.3 Å². The van der Waals surface area contributed by atoms with E-state index in [2.05, 4.69) is 17.0 Å². The summed E-state index contributed by atoms with van der Waals surface area (Å²) in [5.74, 6) is -1.89. The quantitative estimate of drug-likeness (QED) is 0.715. The molecule has 0 aliphatic carbocycles. The molecule has 142 valence electrons. The number of hydrogen-bond donors (Lipinski definition) is 1. The third kappa shape index (κ3) is 6.38. The van der Waals surface area contributed by atoms with Gasteiger partial charge in [0.2, 0.25) is 0 Å². The van der Waals surface area contributed by atoms with Gasteiger partial charge in [-0.3, -0.25) is 19.4 Å². The van der Waals surface area contributed by atoms with Gasteiger partial charge < -0.3 is 5.11 Å². The SMILES string of the molecule is CCCC(=O)C(CC)C(=O)O.CCCC1=NN(c2cccnc2)C(=O)C1. The summed E-state index contributed by atoms with van der Waals surface area (Å²) in [5.41, 5.74) is 1.71. The van der Waals surface area contributed by atoms with Crippen LogP contribution in [0.25, 0.3) is 0 Å². The lowest BCUT2D eigenvalue weighted by Crippen LogP contribution is -2.22. The zero-order valence-corrected chi connectivity index (χ0v) is 15.6. The Bertz CT molecular complexity index is 643. The van der Waals surface area contributed by atoms with Gasteiger partial charge in [-0.05, 0) is 31.4 Å². The molecule has 1 aliphatic heterocycles. The number of rotatable bonds is 8. The van der Waals surface area contributed by atoms with E-state index in [-0.39, 0.29) is 11.7 Å². The van der Waals surface area contributed by atoms with E-state index in [1.54, 1.807) is 25.4 Å². The lowest BCUT2D eigenvalue weighted by Gasteiger charge is -2.09. The lowest BCUT2D eigenvalue weighted by molar-refractivity contribution is -0.146. The van der Waals surface area contributed by atoms with E-state index in [1.165, 1.54) is 5.01 Å². The van der Waals surface area contributed by atoms with Crippen LogP contribution in [0, 0.1) is 5.92 Å². The highest BCUT2D eigenvalue weighted by Gasteiger charge is 2.24. The van der Waals surface area contributed by atoms with Gasteiger partial charge in [-0.2, -0.15) is 10.1 Å². The maximum Gasteiger partial charge on any atom is 0.314 e. The molecule has 1 atom stereocenters. The number of carboxylic acid groups (broad SMARTS) is 1. The number of carbonyl (C=O) groups is 3. The van der Waals surface area contributed by atoms with Crippen molar-refractivity contribution in [2.75, 3.05) is 5.01 Å². The number of aliphatic carboxylic acids is 1. The van der Waals surface area contributed by atoms with E-state index in [4.69, 9.17) is 5.11 Å². The second-order valence-corrected chi connectivity index (χ2v) is 6.03. The largest absolute Gasteiger partial charge is 0.481 e. The number of nitrogens with zero attached hydrogens (tertiary/aromatic N) is 3. The van der Waals surface area contributed by atoms with Crippen LogP contribution in [0.4, 0.5) is 5.69 Å². The van der Waals surface area contributed by atoms with Crippen LogP contribution in [0.15, 0.2) is 29.6 Å². The molecule has 0 spiro atoms. The number of carbonyl (C=O) groups excluding carboxylic acids is 2. The Kier molecular flexibility index (Phi) is 9.19. The summed E-state index contributed by atoms with van der Waals surface area (Å²) in [4.78, 5) is 37.1. The Morgan fingerprint density at radius 1 is 1.27 bits per heavy atom. The van der Waals surface area contributed by atoms with Crippen molar-refractivity contribution in [1.82, 2.24) is 4.98 Å². The lowest BCUT2D eigenvalue weighted by atomic mass is 9.98. The van der Waals surface area contributed by atoms with Crippen molar-refractivity contribution in [3.8, 4) is 0 Å². The minimum Gasteiger partial charge on any atom is -0.481 e. The van der Waals surface area contributed by atoms with Crippen LogP contribution in [0.2, 0.25) is 0 Å². The van der Waals surface area contributed by atoms with Crippen LogP contribution in [0.3, 0.4) is 0 Å². The number of Topliss-reactive ketones (excluding diaryl/α,β-unsaturated/α-hetero) is 1. The number of ketones is 1. The molecule has 26 heavy (non-hydrogen) atoms. The van der Waals surface area contributed by atoms with Gasteiger partial charge in [-0.15, -0.1) is 0 Å². The van der Waals surface area contributed by atoms with Crippen molar-refractivity contribution in [2.24, 2.45) is 11.0 Å². The molecule has 0 radical (unpaired) electrons. The molecule has 1 aromatic heterocycles. The zero-order valence-electron chi connectivity index (χ0n) is 15.6. The molecule has 1 aliphatic rings. The van der Waals surface area contributed by atoms with Crippen molar-refractivity contribution in [2.45, 2.75) is 59.3 Å². The van der Waals surface area contributed by atoms with Crippen LogP contribution in [-0.4, -0.2) is 33.5 Å². The van der Waals surface area contributed by atoms with Gasteiger partial charge in [0, 0.05) is 18.3 Å². The first-order valence-electron chi connectivity index (χ1n) is 8.99. The monoisotopic (exact) mass is 361 g/mol. The highest BCUT2D eigenvalue weighted by atomic mass is 16.4. The van der Waals surface area contributed by atoms with Gasteiger partial charge in [0.15, 0.2) is 0 Å². The predicted molar refractivity (Wildman–Crippen MR) is 100 cm³/mol. The van der Waals surface area contributed by atoms with Crippen molar-refractivity contribution in [1.29, 1.82) is 0 Å². The average Bonchev–Trinajstić information content (AvgIpc) is 2.97. The van der Waals surface area contributed by atoms with Gasteiger partial charge in [-0.25, -0.2) is 0 Å². The fourth-order valence-electron chi connectivity index (χ4n) is 2.55. The van der Waals surface area contributed by atoms with Crippen molar-refractivity contribution >= 4 is 29.1 Å². The molecule has 0 saturated heterocycles. The molecule has 7 heteroatoms. The second kappa shape index (κ2) is 11.1. The molecule has 2 heterocycles. The number of hydrogen-bond acceptors (Lipinski definition) is 5. The minimum absolute atomic E-state index is 0.0338. The number of aromatic nitrogens is 1. The van der Waals surface area contributed by atoms with Crippen molar-refractivity contribution in [3.05, 3.63) is 24.5 Å². The molecule has 0 bridgehead atoms. The molecule has 1 unspecified atom stereocenters. The van der Waals surface area contributed by atoms with Crippen LogP contribution in [0.5, 0.6) is 0 Å². The van der Waals surface area contributed by atoms with E-state index in [0.717, 1.165) is 30.7 Å². The summed E-state index contributed by atoms with van der Waals surface area (Å²) in [6.45, 7) is 5.67. The van der Waals surface area contributed by atoms with E-state index < -0.39 is 11.9 Å². The zero-order chi connectivity index (χ0) is 19.5. The number of carboxylic acids is 1. The summed E-state index contributed by atoms with van der Waals surface area (Å²) in [7, 11) is 0. The summed E-state index contributed by atoms with van der Waals surface area (Å²) >= 11 is 0. The van der Waals surface area contributed by atoms with Crippen LogP contribution < -0.4 is 5.01 Å². The van der Waals surface area contributed by atoms with Gasteiger partial charge in [0.1, 0.15) is 11.7 Å². The second-order valence-electron chi connectivity index (χ2n) is 6.03. The first-order chi connectivity index (χ1) is 12.4. The Balaban J connectivity index is 0.000000276. The van der Waals surface area contributed by atoms with E-state index in [1.807, 2.05) is 13.0 Å². The molecule has 7 nitrogen and oxygen atoms in total. The van der Waals surface area contributed by atoms with Gasteiger partial charge in [-0.1, -0.05) is 27.2 Å². The molecule has 0 aromatic carbocycles. The standard InChI is InChI=1S/C11H13N3O.C8H14O3/c1-2-4-9-7-11(15)14(13-9)10-5-3-6-12-8-10;1-3-5-7(9)6(4-2)8(10)11/h3,5-6,8H,2,4,7H2,1H3;6H,3-5H2,1-2H3,(H,10,11). The van der Waals surface area contributed by atoms with Gasteiger partial charge >= 0.3 is 5.97 Å². The Hall–Kier alpha value is -2.57. The first-order valence-corrected chi connectivity index (χ1v) is 8.99.